The standard InChI is InChI=1S/C18H17NO/c1-2-4-14(5-3-1)15-6-7-17-16(12-15)8-9-18(20-17)10-11-19-13-18/h1-9,12,19H,10-11,13H2. The molecule has 1 saturated heterocycles. The lowest BCUT2D eigenvalue weighted by molar-refractivity contribution is 0.139. The fourth-order valence-electron chi connectivity index (χ4n) is 2.99. The molecule has 0 aromatic heterocycles. The van der Waals surface area contributed by atoms with Crippen LogP contribution in [-0.4, -0.2) is 18.7 Å². The van der Waals surface area contributed by atoms with E-state index in [1.807, 2.05) is 6.07 Å². The molecule has 1 atom stereocenters. The van der Waals surface area contributed by atoms with E-state index in [0.29, 0.717) is 0 Å². The highest BCUT2D eigenvalue weighted by Crippen LogP contribution is 2.36. The highest BCUT2D eigenvalue weighted by atomic mass is 16.5. The summed E-state index contributed by atoms with van der Waals surface area (Å²) in [6.07, 6.45) is 5.46. The van der Waals surface area contributed by atoms with Gasteiger partial charge in [0.25, 0.3) is 0 Å². The van der Waals surface area contributed by atoms with Crippen molar-refractivity contribution in [1.29, 1.82) is 0 Å². The van der Waals surface area contributed by atoms with Crippen LogP contribution in [0.2, 0.25) is 0 Å². The predicted molar refractivity (Wildman–Crippen MR) is 81.8 cm³/mol. The smallest absolute Gasteiger partial charge is 0.141 e. The molecule has 2 heterocycles. The van der Waals surface area contributed by atoms with E-state index in [2.05, 4.69) is 59.9 Å². The summed E-state index contributed by atoms with van der Waals surface area (Å²) in [7, 11) is 0. The summed E-state index contributed by atoms with van der Waals surface area (Å²) in [6.45, 7) is 1.94. The van der Waals surface area contributed by atoms with Crippen molar-refractivity contribution in [3.8, 4) is 16.9 Å². The minimum atomic E-state index is -0.124. The molecule has 0 radical (unpaired) electrons. The second kappa shape index (κ2) is 4.50. The van der Waals surface area contributed by atoms with E-state index >= 15 is 0 Å². The average Bonchev–Trinajstić information content (AvgIpc) is 2.96. The lowest BCUT2D eigenvalue weighted by atomic mass is 9.95. The lowest BCUT2D eigenvalue weighted by Crippen LogP contribution is -2.37. The van der Waals surface area contributed by atoms with Crippen LogP contribution in [0.4, 0.5) is 0 Å². The van der Waals surface area contributed by atoms with Crippen LogP contribution in [0.15, 0.2) is 54.6 Å². The number of nitrogens with one attached hydrogen (secondary N) is 1. The van der Waals surface area contributed by atoms with E-state index in [0.717, 1.165) is 25.3 Å². The van der Waals surface area contributed by atoms with Gasteiger partial charge < -0.3 is 10.1 Å². The molecule has 4 rings (SSSR count). The van der Waals surface area contributed by atoms with E-state index in [1.165, 1.54) is 16.7 Å². The van der Waals surface area contributed by atoms with Gasteiger partial charge in [-0.2, -0.15) is 0 Å². The van der Waals surface area contributed by atoms with Gasteiger partial charge in [-0.1, -0.05) is 42.5 Å². The Kier molecular flexibility index (Phi) is 2.64. The molecule has 1 unspecified atom stereocenters. The Bertz CT molecular complexity index is 654. The fourth-order valence-corrected chi connectivity index (χ4v) is 2.99. The Hall–Kier alpha value is -2.06. The van der Waals surface area contributed by atoms with Crippen molar-refractivity contribution in [3.05, 3.63) is 60.2 Å². The van der Waals surface area contributed by atoms with Crippen molar-refractivity contribution in [1.82, 2.24) is 5.32 Å². The van der Waals surface area contributed by atoms with Gasteiger partial charge in [-0.15, -0.1) is 0 Å². The van der Waals surface area contributed by atoms with Crippen LogP contribution < -0.4 is 10.1 Å². The van der Waals surface area contributed by atoms with Gasteiger partial charge in [0.2, 0.25) is 0 Å². The molecule has 1 N–H and O–H groups in total. The summed E-state index contributed by atoms with van der Waals surface area (Å²) < 4.78 is 6.22. The largest absolute Gasteiger partial charge is 0.481 e. The Morgan fingerprint density at radius 3 is 2.70 bits per heavy atom. The van der Waals surface area contributed by atoms with Crippen LogP contribution in [0, 0.1) is 0 Å². The van der Waals surface area contributed by atoms with Crippen LogP contribution in [0.1, 0.15) is 12.0 Å². The first-order chi connectivity index (χ1) is 9.85. The Labute approximate surface area is 119 Å². The van der Waals surface area contributed by atoms with Crippen LogP contribution in [-0.2, 0) is 0 Å². The minimum Gasteiger partial charge on any atom is -0.481 e. The summed E-state index contributed by atoms with van der Waals surface area (Å²) >= 11 is 0. The SMILES string of the molecule is C1=CC2(CCNC2)Oc2ccc(-c3ccccc3)cc21. The number of hydrogen-bond donors (Lipinski definition) is 1. The van der Waals surface area contributed by atoms with Crippen molar-refractivity contribution in [2.75, 3.05) is 13.1 Å². The third-order valence-corrected chi connectivity index (χ3v) is 4.15. The first-order valence-electron chi connectivity index (χ1n) is 7.13. The van der Waals surface area contributed by atoms with Gasteiger partial charge in [0.15, 0.2) is 0 Å². The number of benzene rings is 2. The highest BCUT2D eigenvalue weighted by Gasteiger charge is 2.35. The molecule has 1 fully saturated rings. The second-order valence-electron chi connectivity index (χ2n) is 5.55. The van der Waals surface area contributed by atoms with Gasteiger partial charge >= 0.3 is 0 Å². The molecule has 2 heteroatoms. The zero-order chi connectivity index (χ0) is 13.4. The summed E-state index contributed by atoms with van der Waals surface area (Å²) in [5, 5.41) is 3.37. The number of ether oxygens (including phenoxy) is 1. The lowest BCUT2D eigenvalue weighted by Gasteiger charge is -2.30. The molecule has 0 saturated carbocycles. The average molecular weight is 263 g/mol. The van der Waals surface area contributed by atoms with Crippen molar-refractivity contribution in [3.63, 3.8) is 0 Å². The van der Waals surface area contributed by atoms with E-state index < -0.39 is 0 Å². The molecule has 100 valence electrons. The van der Waals surface area contributed by atoms with Gasteiger partial charge in [0, 0.05) is 18.5 Å². The highest BCUT2D eigenvalue weighted by molar-refractivity contribution is 5.71. The topological polar surface area (TPSA) is 21.3 Å². The normalized spacial score (nSPS) is 23.6. The molecule has 2 nitrogen and oxygen atoms in total. The van der Waals surface area contributed by atoms with Crippen LogP contribution in [0.5, 0.6) is 5.75 Å². The minimum absolute atomic E-state index is 0.124. The van der Waals surface area contributed by atoms with Gasteiger partial charge in [-0.25, -0.2) is 0 Å². The maximum absolute atomic E-state index is 6.22. The van der Waals surface area contributed by atoms with Crippen LogP contribution in [0.3, 0.4) is 0 Å². The van der Waals surface area contributed by atoms with Crippen LogP contribution in [0.25, 0.3) is 17.2 Å². The fraction of sp³-hybridized carbons (Fsp3) is 0.222. The van der Waals surface area contributed by atoms with Crippen molar-refractivity contribution < 1.29 is 4.74 Å². The Morgan fingerprint density at radius 1 is 1.00 bits per heavy atom. The van der Waals surface area contributed by atoms with Crippen molar-refractivity contribution in [2.24, 2.45) is 0 Å². The Balaban J connectivity index is 1.71. The molecular weight excluding hydrogens is 246 g/mol. The maximum atomic E-state index is 6.22. The number of fused-ring (bicyclic) bond motifs is 1. The second-order valence-corrected chi connectivity index (χ2v) is 5.55. The molecule has 2 aromatic rings. The zero-order valence-corrected chi connectivity index (χ0v) is 11.3. The van der Waals surface area contributed by atoms with Gasteiger partial charge in [0.05, 0.1) is 0 Å². The summed E-state index contributed by atoms with van der Waals surface area (Å²) in [6, 6.07) is 16.9. The third-order valence-electron chi connectivity index (χ3n) is 4.15. The molecule has 1 spiro atoms. The molecule has 0 bridgehead atoms. The Morgan fingerprint density at radius 2 is 1.90 bits per heavy atom. The third kappa shape index (κ3) is 1.93. The monoisotopic (exact) mass is 263 g/mol. The summed E-state index contributed by atoms with van der Waals surface area (Å²) in [4.78, 5) is 0. The number of hydrogen-bond acceptors (Lipinski definition) is 2. The van der Waals surface area contributed by atoms with Gasteiger partial charge in [-0.05, 0) is 35.9 Å². The summed E-state index contributed by atoms with van der Waals surface area (Å²) in [5.41, 5.74) is 3.52. The molecule has 2 aromatic carbocycles. The molecule has 2 aliphatic heterocycles. The predicted octanol–water partition coefficient (Wildman–Crippen LogP) is 3.49. The first-order valence-corrected chi connectivity index (χ1v) is 7.13. The quantitative estimate of drug-likeness (QED) is 0.850. The maximum Gasteiger partial charge on any atom is 0.141 e. The molecule has 2 aliphatic rings. The van der Waals surface area contributed by atoms with Crippen LogP contribution >= 0.6 is 0 Å². The molecule has 0 amide bonds. The van der Waals surface area contributed by atoms with Gasteiger partial charge in [0.1, 0.15) is 11.4 Å². The van der Waals surface area contributed by atoms with E-state index in [9.17, 15) is 0 Å². The number of rotatable bonds is 1. The van der Waals surface area contributed by atoms with Crippen molar-refractivity contribution >= 4 is 6.08 Å². The summed E-state index contributed by atoms with van der Waals surface area (Å²) in [5.74, 6) is 0.996. The van der Waals surface area contributed by atoms with E-state index in [1.54, 1.807) is 0 Å². The van der Waals surface area contributed by atoms with E-state index in [-0.39, 0.29) is 5.60 Å². The molecule has 0 aliphatic carbocycles. The van der Waals surface area contributed by atoms with Crippen molar-refractivity contribution in [2.45, 2.75) is 12.0 Å². The molecular formula is C18H17NO. The van der Waals surface area contributed by atoms with E-state index in [4.69, 9.17) is 4.74 Å². The zero-order valence-electron chi connectivity index (χ0n) is 11.3. The van der Waals surface area contributed by atoms with Gasteiger partial charge in [-0.3, -0.25) is 0 Å². The first kappa shape index (κ1) is 11.7. The molecule has 20 heavy (non-hydrogen) atoms.